The quantitative estimate of drug-likeness (QED) is 0.780. The maximum absolute atomic E-state index is 12.7. The molecular formula is C17H21N5O4. The standard InChI is InChI=1S/C17H21N5O4/c1-12-19-15(20-26-12)11-21-5-7-22(8-6-21)17(25)13-3-2-4-14(9-13)18-10-16(23)24/h2-4,9,18H,5-8,10-11H2,1H3,(H,23,24). The summed E-state index contributed by atoms with van der Waals surface area (Å²) >= 11 is 0. The van der Waals surface area contributed by atoms with Crippen molar-refractivity contribution >= 4 is 17.6 Å². The van der Waals surface area contributed by atoms with E-state index in [0.29, 0.717) is 42.6 Å². The van der Waals surface area contributed by atoms with E-state index in [9.17, 15) is 9.59 Å². The lowest BCUT2D eigenvalue weighted by Gasteiger charge is -2.34. The van der Waals surface area contributed by atoms with Gasteiger partial charge in [-0.1, -0.05) is 11.2 Å². The Balaban J connectivity index is 1.54. The number of nitrogens with zero attached hydrogens (tertiary/aromatic N) is 4. The first-order chi connectivity index (χ1) is 12.5. The summed E-state index contributed by atoms with van der Waals surface area (Å²) in [6.07, 6.45) is 0. The van der Waals surface area contributed by atoms with Gasteiger partial charge in [-0.2, -0.15) is 4.98 Å². The van der Waals surface area contributed by atoms with Crippen molar-refractivity contribution in [1.82, 2.24) is 19.9 Å². The van der Waals surface area contributed by atoms with E-state index in [-0.39, 0.29) is 12.5 Å². The van der Waals surface area contributed by atoms with Gasteiger partial charge in [-0.15, -0.1) is 0 Å². The summed E-state index contributed by atoms with van der Waals surface area (Å²) in [5, 5.41) is 15.4. The molecule has 1 aromatic heterocycles. The van der Waals surface area contributed by atoms with Gasteiger partial charge < -0.3 is 19.8 Å². The second kappa shape index (κ2) is 7.96. The van der Waals surface area contributed by atoms with Crippen LogP contribution in [0.4, 0.5) is 5.69 Å². The number of carbonyl (C=O) groups is 2. The Bertz CT molecular complexity index is 783. The van der Waals surface area contributed by atoms with Gasteiger partial charge in [0.2, 0.25) is 5.89 Å². The van der Waals surface area contributed by atoms with E-state index < -0.39 is 5.97 Å². The summed E-state index contributed by atoms with van der Waals surface area (Å²) < 4.78 is 4.97. The molecule has 9 heteroatoms. The summed E-state index contributed by atoms with van der Waals surface area (Å²) in [6.45, 7) is 4.86. The molecule has 0 spiro atoms. The predicted octanol–water partition coefficient (Wildman–Crippen LogP) is 0.833. The maximum Gasteiger partial charge on any atom is 0.322 e. The van der Waals surface area contributed by atoms with Crippen LogP contribution >= 0.6 is 0 Å². The second-order valence-electron chi connectivity index (χ2n) is 6.13. The number of amides is 1. The third-order valence-corrected chi connectivity index (χ3v) is 4.15. The zero-order chi connectivity index (χ0) is 18.5. The Morgan fingerprint density at radius 2 is 2.04 bits per heavy atom. The number of hydrogen-bond acceptors (Lipinski definition) is 7. The molecular weight excluding hydrogens is 338 g/mol. The molecule has 1 saturated heterocycles. The van der Waals surface area contributed by atoms with Crippen LogP contribution in [0.15, 0.2) is 28.8 Å². The molecule has 0 unspecified atom stereocenters. The van der Waals surface area contributed by atoms with Gasteiger partial charge in [0.15, 0.2) is 5.82 Å². The number of rotatable bonds is 6. The van der Waals surface area contributed by atoms with Crippen LogP contribution in [-0.4, -0.2) is 69.6 Å². The average Bonchev–Trinajstić information content (AvgIpc) is 3.05. The first kappa shape index (κ1) is 17.9. The molecule has 3 rings (SSSR count). The number of carboxylic acids is 1. The number of carboxylic acid groups (broad SMARTS) is 1. The molecule has 0 bridgehead atoms. The molecule has 9 nitrogen and oxygen atoms in total. The molecule has 1 amide bonds. The predicted molar refractivity (Wildman–Crippen MR) is 92.8 cm³/mol. The van der Waals surface area contributed by atoms with Crippen LogP contribution in [0.25, 0.3) is 0 Å². The van der Waals surface area contributed by atoms with Gasteiger partial charge in [0.1, 0.15) is 6.54 Å². The molecule has 2 heterocycles. The third kappa shape index (κ3) is 4.57. The van der Waals surface area contributed by atoms with Gasteiger partial charge in [0, 0.05) is 44.4 Å². The lowest BCUT2D eigenvalue weighted by Crippen LogP contribution is -2.48. The summed E-state index contributed by atoms with van der Waals surface area (Å²) in [4.78, 5) is 31.5. The molecule has 1 aliphatic rings. The molecule has 2 aromatic rings. The van der Waals surface area contributed by atoms with Crippen molar-refractivity contribution in [2.75, 3.05) is 38.0 Å². The lowest BCUT2D eigenvalue weighted by atomic mass is 10.1. The van der Waals surface area contributed by atoms with Gasteiger partial charge in [0.25, 0.3) is 5.91 Å². The van der Waals surface area contributed by atoms with Crippen molar-refractivity contribution < 1.29 is 19.2 Å². The number of aliphatic carboxylic acids is 1. The van der Waals surface area contributed by atoms with E-state index in [1.165, 1.54) is 0 Å². The molecule has 0 aliphatic carbocycles. The highest BCUT2D eigenvalue weighted by molar-refractivity contribution is 5.95. The van der Waals surface area contributed by atoms with Crippen molar-refractivity contribution in [3.63, 3.8) is 0 Å². The minimum atomic E-state index is -0.949. The van der Waals surface area contributed by atoms with Gasteiger partial charge in [-0.25, -0.2) is 0 Å². The molecule has 26 heavy (non-hydrogen) atoms. The Morgan fingerprint density at radius 3 is 2.69 bits per heavy atom. The lowest BCUT2D eigenvalue weighted by molar-refractivity contribution is -0.134. The van der Waals surface area contributed by atoms with E-state index in [2.05, 4.69) is 20.4 Å². The van der Waals surface area contributed by atoms with E-state index in [1.54, 1.807) is 36.1 Å². The van der Waals surface area contributed by atoms with Crippen molar-refractivity contribution in [2.45, 2.75) is 13.5 Å². The van der Waals surface area contributed by atoms with Gasteiger partial charge in [-0.05, 0) is 18.2 Å². The largest absolute Gasteiger partial charge is 0.480 e. The van der Waals surface area contributed by atoms with Gasteiger partial charge in [-0.3, -0.25) is 14.5 Å². The van der Waals surface area contributed by atoms with Crippen LogP contribution in [0.3, 0.4) is 0 Å². The van der Waals surface area contributed by atoms with Gasteiger partial charge in [0.05, 0.1) is 6.54 Å². The highest BCUT2D eigenvalue weighted by Gasteiger charge is 2.23. The average molecular weight is 359 g/mol. The number of hydrogen-bond donors (Lipinski definition) is 2. The first-order valence-electron chi connectivity index (χ1n) is 8.38. The molecule has 1 fully saturated rings. The summed E-state index contributed by atoms with van der Waals surface area (Å²) in [7, 11) is 0. The highest BCUT2D eigenvalue weighted by atomic mass is 16.5. The van der Waals surface area contributed by atoms with Crippen molar-refractivity contribution in [3.05, 3.63) is 41.5 Å². The van der Waals surface area contributed by atoms with Crippen molar-refractivity contribution in [2.24, 2.45) is 0 Å². The van der Waals surface area contributed by atoms with Crippen LogP contribution < -0.4 is 5.32 Å². The molecule has 0 saturated carbocycles. The Morgan fingerprint density at radius 1 is 1.27 bits per heavy atom. The van der Waals surface area contributed by atoms with Crippen LogP contribution in [0.5, 0.6) is 0 Å². The highest BCUT2D eigenvalue weighted by Crippen LogP contribution is 2.15. The molecule has 1 aliphatic heterocycles. The normalized spacial score (nSPS) is 15.0. The first-order valence-corrected chi connectivity index (χ1v) is 8.38. The van der Waals surface area contributed by atoms with Crippen LogP contribution in [-0.2, 0) is 11.3 Å². The number of nitrogens with one attached hydrogen (secondary N) is 1. The monoisotopic (exact) mass is 359 g/mol. The zero-order valence-corrected chi connectivity index (χ0v) is 14.5. The van der Waals surface area contributed by atoms with Gasteiger partial charge >= 0.3 is 5.97 Å². The van der Waals surface area contributed by atoms with Crippen LogP contribution in [0.2, 0.25) is 0 Å². The maximum atomic E-state index is 12.7. The van der Waals surface area contributed by atoms with E-state index >= 15 is 0 Å². The molecule has 0 radical (unpaired) electrons. The number of piperazine rings is 1. The fraction of sp³-hybridized carbons (Fsp3) is 0.412. The fourth-order valence-electron chi connectivity index (χ4n) is 2.84. The third-order valence-electron chi connectivity index (χ3n) is 4.15. The Kier molecular flexibility index (Phi) is 5.47. The SMILES string of the molecule is Cc1nc(CN2CCN(C(=O)c3cccc(NCC(=O)O)c3)CC2)no1. The van der Waals surface area contributed by atoms with Crippen molar-refractivity contribution in [1.29, 1.82) is 0 Å². The van der Waals surface area contributed by atoms with E-state index in [4.69, 9.17) is 9.63 Å². The number of aromatic nitrogens is 2. The number of benzene rings is 1. The van der Waals surface area contributed by atoms with E-state index in [1.807, 2.05) is 0 Å². The summed E-state index contributed by atoms with van der Waals surface area (Å²) in [6, 6.07) is 6.90. The topological polar surface area (TPSA) is 112 Å². The summed E-state index contributed by atoms with van der Waals surface area (Å²) in [5.41, 5.74) is 1.16. The smallest absolute Gasteiger partial charge is 0.322 e. The van der Waals surface area contributed by atoms with Crippen LogP contribution in [0, 0.1) is 6.92 Å². The minimum absolute atomic E-state index is 0.0565. The molecule has 1 aromatic carbocycles. The molecule has 0 atom stereocenters. The van der Waals surface area contributed by atoms with Crippen LogP contribution in [0.1, 0.15) is 22.1 Å². The second-order valence-corrected chi connectivity index (χ2v) is 6.13. The Hall–Kier alpha value is -2.94. The van der Waals surface area contributed by atoms with E-state index in [0.717, 1.165) is 13.1 Å². The minimum Gasteiger partial charge on any atom is -0.480 e. The zero-order valence-electron chi connectivity index (χ0n) is 14.5. The molecule has 138 valence electrons. The van der Waals surface area contributed by atoms with Crippen molar-refractivity contribution in [3.8, 4) is 0 Å². The number of aryl methyl sites for hydroxylation is 1. The fourth-order valence-corrected chi connectivity index (χ4v) is 2.84. The molecule has 2 N–H and O–H groups in total. The Labute approximate surface area is 150 Å². The summed E-state index contributed by atoms with van der Waals surface area (Å²) in [5.74, 6) is 0.193. The number of carbonyl (C=O) groups excluding carboxylic acids is 1. The number of anilines is 1.